The molecule has 0 aromatic heterocycles. The Balaban J connectivity index is 1.62. The van der Waals surface area contributed by atoms with Gasteiger partial charge in [-0.25, -0.2) is 5.01 Å². The van der Waals surface area contributed by atoms with Crippen LogP contribution in [0.2, 0.25) is 0 Å². The normalized spacial score (nSPS) is 14.9. The molecule has 0 atom stereocenters. The smallest absolute Gasteiger partial charge is 0.282 e. The summed E-state index contributed by atoms with van der Waals surface area (Å²) >= 11 is 3.44. The molecule has 2 amide bonds. The van der Waals surface area contributed by atoms with Gasteiger partial charge in [0.15, 0.2) is 0 Å². The molecule has 0 bridgehead atoms. The van der Waals surface area contributed by atoms with Crippen molar-refractivity contribution in [3.8, 4) is 5.75 Å². The average molecular weight is 449 g/mol. The predicted molar refractivity (Wildman–Crippen MR) is 115 cm³/mol. The summed E-state index contributed by atoms with van der Waals surface area (Å²) in [5.41, 5.74) is 4.93. The molecule has 1 aliphatic rings. The molecule has 29 heavy (non-hydrogen) atoms. The summed E-state index contributed by atoms with van der Waals surface area (Å²) in [6.45, 7) is 0.384. The first-order valence-corrected chi connectivity index (χ1v) is 9.79. The van der Waals surface area contributed by atoms with Crippen molar-refractivity contribution in [3.63, 3.8) is 0 Å². The summed E-state index contributed by atoms with van der Waals surface area (Å²) in [6.07, 6.45) is 1.56. The van der Waals surface area contributed by atoms with Gasteiger partial charge < -0.3 is 4.74 Å². The van der Waals surface area contributed by atoms with Gasteiger partial charge in [0.2, 0.25) is 0 Å². The Morgan fingerprint density at radius 2 is 1.62 bits per heavy atom. The number of para-hydroxylation sites is 1. The Kier molecular flexibility index (Phi) is 5.44. The van der Waals surface area contributed by atoms with E-state index >= 15 is 0 Å². The topological polar surface area (TPSA) is 58.6 Å². The number of carbonyl (C=O) groups excluding carboxylic acids is 2. The van der Waals surface area contributed by atoms with Crippen molar-refractivity contribution >= 4 is 39.5 Å². The van der Waals surface area contributed by atoms with Crippen LogP contribution >= 0.6 is 15.9 Å². The second kappa shape index (κ2) is 8.32. The van der Waals surface area contributed by atoms with Gasteiger partial charge in [-0.3, -0.25) is 15.0 Å². The molecule has 144 valence electrons. The highest BCUT2D eigenvalue weighted by Gasteiger charge is 2.34. The van der Waals surface area contributed by atoms with E-state index in [9.17, 15) is 9.59 Å². The molecular formula is C23H17BrN2O3. The second-order valence-electron chi connectivity index (χ2n) is 6.43. The van der Waals surface area contributed by atoms with E-state index in [0.717, 1.165) is 10.0 Å². The minimum atomic E-state index is -0.451. The van der Waals surface area contributed by atoms with Crippen LogP contribution in [0.3, 0.4) is 0 Å². The number of hydrazine groups is 1. The number of amides is 2. The Hall–Kier alpha value is -3.38. The first-order chi connectivity index (χ1) is 14.1. The third kappa shape index (κ3) is 4.22. The molecular weight excluding hydrogens is 432 g/mol. The fourth-order valence-electron chi connectivity index (χ4n) is 2.97. The Morgan fingerprint density at radius 1 is 0.931 bits per heavy atom. The molecule has 0 radical (unpaired) electrons. The Morgan fingerprint density at radius 3 is 2.34 bits per heavy atom. The van der Waals surface area contributed by atoms with Gasteiger partial charge in [0.1, 0.15) is 17.9 Å². The Bertz CT molecular complexity index is 1080. The zero-order valence-electron chi connectivity index (χ0n) is 15.3. The van der Waals surface area contributed by atoms with E-state index in [4.69, 9.17) is 4.74 Å². The van der Waals surface area contributed by atoms with Gasteiger partial charge in [-0.05, 0) is 42.0 Å². The van der Waals surface area contributed by atoms with Crippen LogP contribution in [-0.4, -0.2) is 11.8 Å². The summed E-state index contributed by atoms with van der Waals surface area (Å²) in [5.74, 6) is -0.272. The average Bonchev–Trinajstić information content (AvgIpc) is 3.03. The highest BCUT2D eigenvalue weighted by Crippen LogP contribution is 2.28. The van der Waals surface area contributed by atoms with Crippen molar-refractivity contribution in [1.29, 1.82) is 0 Å². The van der Waals surface area contributed by atoms with Gasteiger partial charge in [0.25, 0.3) is 11.8 Å². The molecule has 0 spiro atoms. The van der Waals surface area contributed by atoms with E-state index in [1.165, 1.54) is 5.01 Å². The first kappa shape index (κ1) is 19.0. The highest BCUT2D eigenvalue weighted by molar-refractivity contribution is 9.10. The number of benzene rings is 3. The van der Waals surface area contributed by atoms with Crippen molar-refractivity contribution in [3.05, 3.63) is 100 Å². The molecule has 0 saturated carbocycles. The van der Waals surface area contributed by atoms with Gasteiger partial charge in [-0.2, -0.15) is 0 Å². The van der Waals surface area contributed by atoms with Crippen molar-refractivity contribution in [2.75, 3.05) is 5.01 Å². The lowest BCUT2D eigenvalue weighted by molar-refractivity contribution is -0.117. The van der Waals surface area contributed by atoms with Crippen LogP contribution in [0.4, 0.5) is 5.69 Å². The van der Waals surface area contributed by atoms with Crippen molar-refractivity contribution < 1.29 is 14.3 Å². The van der Waals surface area contributed by atoms with Crippen molar-refractivity contribution in [2.24, 2.45) is 0 Å². The summed E-state index contributed by atoms with van der Waals surface area (Å²) in [5, 5.41) is 1.25. The maximum atomic E-state index is 12.8. The third-order valence-corrected chi connectivity index (χ3v) is 4.91. The van der Waals surface area contributed by atoms with E-state index < -0.39 is 11.8 Å². The zero-order chi connectivity index (χ0) is 20.2. The fourth-order valence-corrected chi connectivity index (χ4v) is 3.35. The number of hydrogen-bond acceptors (Lipinski definition) is 3. The molecule has 1 heterocycles. The molecule has 1 fully saturated rings. The molecule has 3 aromatic rings. The Labute approximate surface area is 176 Å². The summed E-state index contributed by atoms with van der Waals surface area (Å²) < 4.78 is 6.77. The van der Waals surface area contributed by atoms with E-state index in [-0.39, 0.29) is 5.57 Å². The molecule has 6 heteroatoms. The van der Waals surface area contributed by atoms with Crippen LogP contribution in [-0.2, 0) is 16.2 Å². The van der Waals surface area contributed by atoms with Crippen molar-refractivity contribution in [1.82, 2.24) is 5.43 Å². The lowest BCUT2D eigenvalue weighted by Crippen LogP contribution is -2.35. The number of anilines is 1. The maximum absolute atomic E-state index is 12.8. The molecule has 1 aliphatic heterocycles. The van der Waals surface area contributed by atoms with Crippen LogP contribution in [0.25, 0.3) is 6.08 Å². The number of carbonyl (C=O) groups is 2. The minimum Gasteiger partial charge on any atom is -0.488 e. The molecule has 1 N–H and O–H groups in total. The van der Waals surface area contributed by atoms with Crippen molar-refractivity contribution in [2.45, 2.75) is 6.61 Å². The molecule has 5 nitrogen and oxygen atoms in total. The van der Waals surface area contributed by atoms with E-state index in [1.54, 1.807) is 30.3 Å². The predicted octanol–water partition coefficient (Wildman–Crippen LogP) is 4.49. The molecule has 0 unspecified atom stereocenters. The van der Waals surface area contributed by atoms with Crippen LogP contribution < -0.4 is 15.2 Å². The standard InChI is InChI=1S/C23H17BrN2O3/c24-18-11-12-21(29-15-16-7-3-1-4-8-16)17(13-18)14-20-22(27)25-26(23(20)28)19-9-5-2-6-10-19/h1-14H,15H2,(H,25,27)/b20-14-. The fraction of sp³-hybridized carbons (Fsp3) is 0.0435. The van der Waals surface area contributed by atoms with Gasteiger partial charge in [-0.15, -0.1) is 0 Å². The van der Waals surface area contributed by atoms with E-state index in [0.29, 0.717) is 23.6 Å². The number of halogens is 1. The lowest BCUT2D eigenvalue weighted by Gasteiger charge is -2.14. The number of nitrogens with zero attached hydrogens (tertiary/aromatic N) is 1. The SMILES string of the molecule is O=C1NN(c2ccccc2)C(=O)/C1=C\c1cc(Br)ccc1OCc1ccccc1. The highest BCUT2D eigenvalue weighted by atomic mass is 79.9. The van der Waals surface area contributed by atoms with Gasteiger partial charge in [0.05, 0.1) is 5.69 Å². The summed E-state index contributed by atoms with van der Waals surface area (Å²) in [4.78, 5) is 25.3. The number of hydrogen-bond donors (Lipinski definition) is 1. The second-order valence-corrected chi connectivity index (χ2v) is 7.35. The molecule has 3 aromatic carbocycles. The maximum Gasteiger partial charge on any atom is 0.282 e. The van der Waals surface area contributed by atoms with Gasteiger partial charge in [0, 0.05) is 10.0 Å². The third-order valence-electron chi connectivity index (χ3n) is 4.41. The largest absolute Gasteiger partial charge is 0.488 e. The quantitative estimate of drug-likeness (QED) is 0.462. The minimum absolute atomic E-state index is 0.0523. The number of ether oxygens (including phenoxy) is 1. The van der Waals surface area contributed by atoms with E-state index in [1.807, 2.05) is 54.6 Å². The lowest BCUT2D eigenvalue weighted by atomic mass is 10.1. The summed E-state index contributed by atoms with van der Waals surface area (Å²) in [6, 6.07) is 24.3. The van der Waals surface area contributed by atoms with E-state index in [2.05, 4.69) is 21.4 Å². The zero-order valence-corrected chi connectivity index (χ0v) is 16.9. The monoisotopic (exact) mass is 448 g/mol. The summed E-state index contributed by atoms with van der Waals surface area (Å²) in [7, 11) is 0. The van der Waals surface area contributed by atoms with Crippen LogP contribution in [0.1, 0.15) is 11.1 Å². The number of nitrogens with one attached hydrogen (secondary N) is 1. The molecule has 0 aliphatic carbocycles. The van der Waals surface area contributed by atoms with Crippen LogP contribution in [0.15, 0.2) is 88.9 Å². The van der Waals surface area contributed by atoms with Gasteiger partial charge in [-0.1, -0.05) is 64.5 Å². The van der Waals surface area contributed by atoms with Gasteiger partial charge >= 0.3 is 0 Å². The van der Waals surface area contributed by atoms with Crippen LogP contribution in [0.5, 0.6) is 5.75 Å². The van der Waals surface area contributed by atoms with Crippen LogP contribution in [0, 0.1) is 0 Å². The number of rotatable bonds is 5. The molecule has 1 saturated heterocycles. The molecule has 4 rings (SSSR count). The first-order valence-electron chi connectivity index (χ1n) is 9.00.